The summed E-state index contributed by atoms with van der Waals surface area (Å²) in [6.07, 6.45) is 5.34. The summed E-state index contributed by atoms with van der Waals surface area (Å²) in [5.74, 6) is 0.574. The Hall–Kier alpha value is -1.36. The highest BCUT2D eigenvalue weighted by Gasteiger charge is 2.11. The highest BCUT2D eigenvalue weighted by Crippen LogP contribution is 2.29. The molecule has 0 aliphatic heterocycles. The predicted octanol–water partition coefficient (Wildman–Crippen LogP) is 2.86. The fourth-order valence-corrected chi connectivity index (χ4v) is 1.97. The van der Waals surface area contributed by atoms with E-state index in [4.69, 9.17) is 4.74 Å². The molecule has 2 aromatic rings. The quantitative estimate of drug-likeness (QED) is 0.883. The second-order valence-corrected chi connectivity index (χ2v) is 4.51. The first-order chi connectivity index (χ1) is 8.24. The summed E-state index contributed by atoms with van der Waals surface area (Å²) in [5.41, 5.74) is 0.551. The van der Waals surface area contributed by atoms with E-state index in [1.54, 1.807) is 18.5 Å². The molecule has 0 aliphatic carbocycles. The summed E-state index contributed by atoms with van der Waals surface area (Å²) in [5, 5.41) is 0.815. The minimum Gasteiger partial charge on any atom is -0.491 e. The van der Waals surface area contributed by atoms with Crippen LogP contribution in [0.3, 0.4) is 0 Å². The Bertz CT molecular complexity index is 580. The Morgan fingerprint density at radius 3 is 3.12 bits per heavy atom. The fraction of sp³-hybridized carbons (Fsp3) is 0.333. The standard InChI is InChI=1S/C12H13BrN2O2/c1-2-3-6-17-11-8-7-14-5-4-9(8)15-12(16)10(11)13/h4-5,7H,2-3,6H2,1H3,(H,15,16). The molecule has 0 atom stereocenters. The number of aromatic amines is 1. The zero-order chi connectivity index (χ0) is 12.3. The van der Waals surface area contributed by atoms with Crippen LogP contribution in [0.4, 0.5) is 0 Å². The number of H-pyrrole nitrogens is 1. The van der Waals surface area contributed by atoms with Crippen LogP contribution in [0.1, 0.15) is 19.8 Å². The van der Waals surface area contributed by atoms with Gasteiger partial charge in [-0.05, 0) is 28.4 Å². The number of rotatable bonds is 4. The Balaban J connectivity index is 2.50. The zero-order valence-electron chi connectivity index (χ0n) is 9.50. The number of aromatic nitrogens is 2. The molecule has 2 heterocycles. The largest absolute Gasteiger partial charge is 0.491 e. The molecule has 0 aromatic carbocycles. The third kappa shape index (κ3) is 2.49. The van der Waals surface area contributed by atoms with Crippen molar-refractivity contribution in [1.29, 1.82) is 0 Å². The van der Waals surface area contributed by atoms with Crippen molar-refractivity contribution in [3.63, 3.8) is 0 Å². The summed E-state index contributed by atoms with van der Waals surface area (Å²) in [6.45, 7) is 2.69. The highest BCUT2D eigenvalue weighted by molar-refractivity contribution is 9.10. The molecule has 0 unspecified atom stereocenters. The van der Waals surface area contributed by atoms with Gasteiger partial charge < -0.3 is 9.72 Å². The summed E-state index contributed by atoms with van der Waals surface area (Å²) in [4.78, 5) is 18.5. The lowest BCUT2D eigenvalue weighted by Crippen LogP contribution is -2.10. The van der Waals surface area contributed by atoms with E-state index in [2.05, 4.69) is 32.8 Å². The summed E-state index contributed by atoms with van der Waals surface area (Å²) >= 11 is 3.26. The molecular weight excluding hydrogens is 284 g/mol. The van der Waals surface area contributed by atoms with Gasteiger partial charge in [0.2, 0.25) is 0 Å². The summed E-state index contributed by atoms with van der Waals surface area (Å²) in [7, 11) is 0. The van der Waals surface area contributed by atoms with Gasteiger partial charge in [-0.1, -0.05) is 13.3 Å². The number of nitrogens with one attached hydrogen (secondary N) is 1. The lowest BCUT2D eigenvalue weighted by molar-refractivity contribution is 0.310. The van der Waals surface area contributed by atoms with Crippen molar-refractivity contribution in [2.75, 3.05) is 6.61 Å². The maximum absolute atomic E-state index is 11.7. The first kappa shape index (κ1) is 12.1. The average molecular weight is 297 g/mol. The van der Waals surface area contributed by atoms with E-state index in [1.807, 2.05) is 0 Å². The molecule has 0 radical (unpaired) electrons. The molecule has 1 N–H and O–H groups in total. The predicted molar refractivity (Wildman–Crippen MR) is 70.5 cm³/mol. The summed E-state index contributed by atoms with van der Waals surface area (Å²) in [6, 6.07) is 1.76. The smallest absolute Gasteiger partial charge is 0.266 e. The number of pyridine rings is 2. The third-order valence-corrected chi connectivity index (χ3v) is 3.18. The second kappa shape index (κ2) is 5.31. The molecule has 0 fully saturated rings. The molecule has 0 bridgehead atoms. The van der Waals surface area contributed by atoms with Gasteiger partial charge in [-0.3, -0.25) is 9.78 Å². The Morgan fingerprint density at radius 2 is 2.35 bits per heavy atom. The van der Waals surface area contributed by atoms with Gasteiger partial charge in [-0.2, -0.15) is 0 Å². The van der Waals surface area contributed by atoms with Crippen LogP contribution in [0.5, 0.6) is 5.75 Å². The number of ether oxygens (including phenoxy) is 1. The molecule has 2 rings (SSSR count). The van der Waals surface area contributed by atoms with Crippen LogP contribution in [0.15, 0.2) is 27.7 Å². The van der Waals surface area contributed by atoms with Crippen LogP contribution >= 0.6 is 15.9 Å². The molecule has 2 aromatic heterocycles. The van der Waals surface area contributed by atoms with Gasteiger partial charge in [-0.25, -0.2) is 0 Å². The number of hydrogen-bond acceptors (Lipinski definition) is 3. The molecule has 0 aliphatic rings. The van der Waals surface area contributed by atoms with Crippen LogP contribution in [0.25, 0.3) is 10.9 Å². The Labute approximate surface area is 107 Å². The van der Waals surface area contributed by atoms with Crippen LogP contribution in [-0.2, 0) is 0 Å². The van der Waals surface area contributed by atoms with E-state index in [9.17, 15) is 4.79 Å². The summed E-state index contributed by atoms with van der Waals surface area (Å²) < 4.78 is 6.09. The molecule has 0 saturated carbocycles. The van der Waals surface area contributed by atoms with E-state index >= 15 is 0 Å². The fourth-order valence-electron chi connectivity index (χ4n) is 1.54. The average Bonchev–Trinajstić information content (AvgIpc) is 2.34. The van der Waals surface area contributed by atoms with Crippen LogP contribution < -0.4 is 10.3 Å². The lowest BCUT2D eigenvalue weighted by atomic mass is 10.2. The SMILES string of the molecule is CCCCOc1c(Br)c(=O)[nH]c2ccncc12. The molecule has 0 saturated heterocycles. The van der Waals surface area contributed by atoms with Gasteiger partial charge >= 0.3 is 0 Å². The Morgan fingerprint density at radius 1 is 1.53 bits per heavy atom. The molecular formula is C12H13BrN2O2. The van der Waals surface area contributed by atoms with Crippen LogP contribution in [0.2, 0.25) is 0 Å². The van der Waals surface area contributed by atoms with Crippen molar-refractivity contribution >= 4 is 26.8 Å². The zero-order valence-corrected chi connectivity index (χ0v) is 11.1. The molecule has 0 amide bonds. The van der Waals surface area contributed by atoms with E-state index in [-0.39, 0.29) is 5.56 Å². The van der Waals surface area contributed by atoms with E-state index in [0.29, 0.717) is 16.8 Å². The minimum atomic E-state index is -0.185. The first-order valence-electron chi connectivity index (χ1n) is 5.52. The van der Waals surface area contributed by atoms with Gasteiger partial charge in [0.05, 0.1) is 17.5 Å². The van der Waals surface area contributed by atoms with Gasteiger partial charge in [0, 0.05) is 12.4 Å². The molecule has 4 nitrogen and oxygen atoms in total. The van der Waals surface area contributed by atoms with Crippen molar-refractivity contribution in [3.8, 4) is 5.75 Å². The number of hydrogen-bond donors (Lipinski definition) is 1. The second-order valence-electron chi connectivity index (χ2n) is 3.72. The van der Waals surface area contributed by atoms with Crippen molar-refractivity contribution in [2.45, 2.75) is 19.8 Å². The Kier molecular flexibility index (Phi) is 3.78. The van der Waals surface area contributed by atoms with Crippen molar-refractivity contribution in [2.24, 2.45) is 0 Å². The normalized spacial score (nSPS) is 10.7. The van der Waals surface area contributed by atoms with Gasteiger partial charge in [0.25, 0.3) is 5.56 Å². The van der Waals surface area contributed by atoms with Crippen LogP contribution in [-0.4, -0.2) is 16.6 Å². The number of halogens is 1. The van der Waals surface area contributed by atoms with Gasteiger partial charge in [0.1, 0.15) is 10.2 Å². The number of unbranched alkanes of at least 4 members (excludes halogenated alkanes) is 1. The number of nitrogens with zero attached hydrogens (tertiary/aromatic N) is 1. The molecule has 17 heavy (non-hydrogen) atoms. The van der Waals surface area contributed by atoms with Gasteiger partial charge in [-0.15, -0.1) is 0 Å². The minimum absolute atomic E-state index is 0.185. The van der Waals surface area contributed by atoms with Crippen molar-refractivity contribution < 1.29 is 4.74 Å². The van der Waals surface area contributed by atoms with Crippen molar-refractivity contribution in [3.05, 3.63) is 33.3 Å². The monoisotopic (exact) mass is 296 g/mol. The van der Waals surface area contributed by atoms with Gasteiger partial charge in [0.15, 0.2) is 0 Å². The lowest BCUT2D eigenvalue weighted by Gasteiger charge is -2.09. The maximum atomic E-state index is 11.7. The molecule has 5 heteroatoms. The van der Waals surface area contributed by atoms with E-state index in [1.165, 1.54) is 0 Å². The topological polar surface area (TPSA) is 55.0 Å². The third-order valence-electron chi connectivity index (χ3n) is 2.46. The first-order valence-corrected chi connectivity index (χ1v) is 6.31. The molecule has 90 valence electrons. The van der Waals surface area contributed by atoms with Crippen molar-refractivity contribution in [1.82, 2.24) is 9.97 Å². The highest BCUT2D eigenvalue weighted by atomic mass is 79.9. The van der Waals surface area contributed by atoms with E-state index < -0.39 is 0 Å². The number of fused-ring (bicyclic) bond motifs is 1. The molecule has 0 spiro atoms. The van der Waals surface area contributed by atoms with Crippen LogP contribution in [0, 0.1) is 0 Å². The maximum Gasteiger partial charge on any atom is 0.266 e. The van der Waals surface area contributed by atoms with E-state index in [0.717, 1.165) is 23.7 Å².